The lowest BCUT2D eigenvalue weighted by Gasteiger charge is -2.25. The molecule has 0 saturated carbocycles. The van der Waals surface area contributed by atoms with E-state index < -0.39 is 0 Å². The van der Waals surface area contributed by atoms with E-state index in [4.69, 9.17) is 4.74 Å². The Balaban J connectivity index is 1.59. The first kappa shape index (κ1) is 13.9. The SMILES string of the molecule is CCOc1ccc(C(C)NC2CCN3CCCC23)cc1. The molecule has 0 amide bonds. The molecule has 20 heavy (non-hydrogen) atoms. The molecule has 110 valence electrons. The Morgan fingerprint density at radius 1 is 1.25 bits per heavy atom. The highest BCUT2D eigenvalue weighted by Crippen LogP contribution is 2.29. The third-order valence-corrected chi connectivity index (χ3v) is 4.76. The Hall–Kier alpha value is -1.06. The van der Waals surface area contributed by atoms with Crippen LogP contribution in [0.2, 0.25) is 0 Å². The van der Waals surface area contributed by atoms with E-state index in [1.165, 1.54) is 37.9 Å². The van der Waals surface area contributed by atoms with Gasteiger partial charge in [-0.25, -0.2) is 0 Å². The Kier molecular flexibility index (Phi) is 4.27. The van der Waals surface area contributed by atoms with Gasteiger partial charge in [-0.1, -0.05) is 12.1 Å². The lowest BCUT2D eigenvalue weighted by Crippen LogP contribution is -2.40. The first-order valence-electron chi connectivity index (χ1n) is 8.01. The quantitative estimate of drug-likeness (QED) is 0.893. The molecule has 2 aliphatic rings. The van der Waals surface area contributed by atoms with Crippen LogP contribution >= 0.6 is 0 Å². The molecule has 2 heterocycles. The standard InChI is InChI=1S/C17H26N2O/c1-3-20-15-8-6-14(7-9-15)13(2)18-16-10-12-19-11-4-5-17(16)19/h6-9,13,16-18H,3-5,10-12H2,1-2H3. The molecule has 2 saturated heterocycles. The zero-order valence-corrected chi connectivity index (χ0v) is 12.6. The monoisotopic (exact) mass is 274 g/mol. The summed E-state index contributed by atoms with van der Waals surface area (Å²) in [5.74, 6) is 0.964. The lowest BCUT2D eigenvalue weighted by atomic mass is 10.0. The van der Waals surface area contributed by atoms with Crippen LogP contribution in [-0.4, -0.2) is 36.7 Å². The summed E-state index contributed by atoms with van der Waals surface area (Å²) in [6.45, 7) is 7.60. The van der Waals surface area contributed by atoms with Crippen molar-refractivity contribution >= 4 is 0 Å². The van der Waals surface area contributed by atoms with Crippen LogP contribution in [0.4, 0.5) is 0 Å². The van der Waals surface area contributed by atoms with E-state index in [1.807, 2.05) is 6.92 Å². The summed E-state index contributed by atoms with van der Waals surface area (Å²) in [7, 11) is 0. The first-order valence-corrected chi connectivity index (χ1v) is 8.01. The Morgan fingerprint density at radius 3 is 2.80 bits per heavy atom. The maximum Gasteiger partial charge on any atom is 0.119 e. The van der Waals surface area contributed by atoms with Crippen molar-refractivity contribution in [2.75, 3.05) is 19.7 Å². The molecule has 0 aromatic heterocycles. The van der Waals surface area contributed by atoms with Crippen molar-refractivity contribution in [1.82, 2.24) is 10.2 Å². The normalized spacial score (nSPS) is 27.5. The molecule has 0 spiro atoms. The highest BCUT2D eigenvalue weighted by molar-refractivity contribution is 5.29. The molecule has 3 rings (SSSR count). The molecule has 3 atom stereocenters. The highest BCUT2D eigenvalue weighted by Gasteiger charge is 2.37. The number of benzene rings is 1. The number of hydrogen-bond acceptors (Lipinski definition) is 3. The molecule has 2 fully saturated rings. The van der Waals surface area contributed by atoms with Gasteiger partial charge in [0.05, 0.1) is 6.61 Å². The molecule has 0 bridgehead atoms. The van der Waals surface area contributed by atoms with Crippen molar-refractivity contribution in [2.45, 2.75) is 51.2 Å². The maximum atomic E-state index is 5.50. The fourth-order valence-electron chi connectivity index (χ4n) is 3.71. The minimum absolute atomic E-state index is 0.413. The predicted molar refractivity (Wildman–Crippen MR) is 82.2 cm³/mol. The molecule has 1 aromatic carbocycles. The third kappa shape index (κ3) is 2.84. The van der Waals surface area contributed by atoms with E-state index in [0.717, 1.165) is 18.4 Å². The number of fused-ring (bicyclic) bond motifs is 1. The van der Waals surface area contributed by atoms with Crippen LogP contribution in [0.1, 0.15) is 44.7 Å². The zero-order chi connectivity index (χ0) is 13.9. The van der Waals surface area contributed by atoms with Gasteiger partial charge >= 0.3 is 0 Å². The van der Waals surface area contributed by atoms with Crippen LogP contribution in [-0.2, 0) is 0 Å². The van der Waals surface area contributed by atoms with Gasteiger partial charge in [0.1, 0.15) is 5.75 Å². The number of nitrogens with one attached hydrogen (secondary N) is 1. The van der Waals surface area contributed by atoms with Gasteiger partial charge in [-0.15, -0.1) is 0 Å². The van der Waals surface area contributed by atoms with Crippen LogP contribution in [0.3, 0.4) is 0 Å². The summed E-state index contributed by atoms with van der Waals surface area (Å²) >= 11 is 0. The Bertz CT molecular complexity index is 431. The average molecular weight is 274 g/mol. The molecule has 0 radical (unpaired) electrons. The molecule has 3 nitrogen and oxygen atoms in total. The Labute approximate surface area is 122 Å². The average Bonchev–Trinajstić information content (AvgIpc) is 3.05. The van der Waals surface area contributed by atoms with Gasteiger partial charge in [-0.05, 0) is 57.4 Å². The van der Waals surface area contributed by atoms with Gasteiger partial charge in [0.15, 0.2) is 0 Å². The van der Waals surface area contributed by atoms with Crippen LogP contribution in [0, 0.1) is 0 Å². The largest absolute Gasteiger partial charge is 0.494 e. The second kappa shape index (κ2) is 6.15. The van der Waals surface area contributed by atoms with Crippen LogP contribution < -0.4 is 10.1 Å². The van der Waals surface area contributed by atoms with E-state index in [-0.39, 0.29) is 0 Å². The topological polar surface area (TPSA) is 24.5 Å². The van der Waals surface area contributed by atoms with Crippen molar-refractivity contribution < 1.29 is 4.74 Å². The molecule has 2 aliphatic heterocycles. The molecule has 0 aliphatic carbocycles. The minimum Gasteiger partial charge on any atom is -0.494 e. The van der Waals surface area contributed by atoms with Crippen molar-refractivity contribution in [1.29, 1.82) is 0 Å². The summed E-state index contributed by atoms with van der Waals surface area (Å²) in [5, 5.41) is 3.84. The smallest absolute Gasteiger partial charge is 0.119 e. The fourth-order valence-corrected chi connectivity index (χ4v) is 3.71. The molecule has 3 unspecified atom stereocenters. The predicted octanol–water partition coefficient (Wildman–Crippen LogP) is 2.97. The summed E-state index contributed by atoms with van der Waals surface area (Å²) in [5.41, 5.74) is 1.35. The van der Waals surface area contributed by atoms with E-state index in [2.05, 4.69) is 41.4 Å². The highest BCUT2D eigenvalue weighted by atomic mass is 16.5. The van der Waals surface area contributed by atoms with E-state index in [9.17, 15) is 0 Å². The van der Waals surface area contributed by atoms with Gasteiger partial charge in [-0.3, -0.25) is 4.90 Å². The molecule has 1 aromatic rings. The number of hydrogen-bond donors (Lipinski definition) is 1. The van der Waals surface area contributed by atoms with Crippen molar-refractivity contribution in [3.05, 3.63) is 29.8 Å². The van der Waals surface area contributed by atoms with E-state index in [0.29, 0.717) is 12.1 Å². The minimum atomic E-state index is 0.413. The van der Waals surface area contributed by atoms with Gasteiger partial charge < -0.3 is 10.1 Å². The van der Waals surface area contributed by atoms with Crippen LogP contribution in [0.25, 0.3) is 0 Å². The second-order valence-corrected chi connectivity index (χ2v) is 6.03. The summed E-state index contributed by atoms with van der Waals surface area (Å²) in [6.07, 6.45) is 4.04. The number of nitrogens with zero attached hydrogens (tertiary/aromatic N) is 1. The van der Waals surface area contributed by atoms with E-state index in [1.54, 1.807) is 0 Å². The number of ether oxygens (including phenoxy) is 1. The molecular weight excluding hydrogens is 248 g/mol. The van der Waals surface area contributed by atoms with Gasteiger partial charge in [0.25, 0.3) is 0 Å². The van der Waals surface area contributed by atoms with Gasteiger partial charge in [0, 0.05) is 24.7 Å². The number of rotatable bonds is 5. The molecule has 3 heteroatoms. The van der Waals surface area contributed by atoms with Gasteiger partial charge in [0.2, 0.25) is 0 Å². The Morgan fingerprint density at radius 2 is 2.05 bits per heavy atom. The van der Waals surface area contributed by atoms with Gasteiger partial charge in [-0.2, -0.15) is 0 Å². The summed E-state index contributed by atoms with van der Waals surface area (Å²) < 4.78 is 5.50. The first-order chi connectivity index (χ1) is 9.78. The maximum absolute atomic E-state index is 5.50. The van der Waals surface area contributed by atoms with Crippen molar-refractivity contribution in [3.8, 4) is 5.75 Å². The summed E-state index contributed by atoms with van der Waals surface area (Å²) in [6, 6.07) is 10.4. The third-order valence-electron chi connectivity index (χ3n) is 4.76. The van der Waals surface area contributed by atoms with Crippen molar-refractivity contribution in [2.24, 2.45) is 0 Å². The van der Waals surface area contributed by atoms with Crippen molar-refractivity contribution in [3.63, 3.8) is 0 Å². The fraction of sp³-hybridized carbons (Fsp3) is 0.647. The van der Waals surface area contributed by atoms with Crippen LogP contribution in [0.15, 0.2) is 24.3 Å². The zero-order valence-electron chi connectivity index (χ0n) is 12.6. The van der Waals surface area contributed by atoms with E-state index >= 15 is 0 Å². The summed E-state index contributed by atoms with van der Waals surface area (Å²) in [4.78, 5) is 2.66. The second-order valence-electron chi connectivity index (χ2n) is 6.03. The lowest BCUT2D eigenvalue weighted by molar-refractivity contribution is 0.291. The van der Waals surface area contributed by atoms with Crippen LogP contribution in [0.5, 0.6) is 5.75 Å². The molecular formula is C17H26N2O. The molecule has 1 N–H and O–H groups in total.